The molecule has 2 nitrogen and oxygen atoms in total. The molecule has 2 aromatic heterocycles. The van der Waals surface area contributed by atoms with Crippen LogP contribution in [0.4, 0.5) is 0 Å². The first-order valence-corrected chi connectivity index (χ1v) is 31.0. The number of fused-ring (bicyclic) bond motifs is 10. The molecule has 2 heterocycles. The number of hydrogen-bond donors (Lipinski definition) is 0. The van der Waals surface area contributed by atoms with Crippen LogP contribution in [0.5, 0.6) is 0 Å². The van der Waals surface area contributed by atoms with Crippen molar-refractivity contribution in [3.05, 3.63) is 328 Å². The highest BCUT2D eigenvalue weighted by atomic mass is 16.3. The molecule has 0 amide bonds. The minimum Gasteiger partial charge on any atom is -0.455 e. The average Bonchev–Trinajstić information content (AvgIpc) is 1.08. The second-order valence-corrected chi connectivity index (χ2v) is 23.7. The van der Waals surface area contributed by atoms with Crippen LogP contribution in [0.15, 0.2) is 336 Å². The van der Waals surface area contributed by atoms with Crippen molar-refractivity contribution in [2.75, 3.05) is 0 Å². The molecule has 0 saturated heterocycles. The highest BCUT2D eigenvalue weighted by Gasteiger charge is 2.25. The summed E-state index contributed by atoms with van der Waals surface area (Å²) in [6.07, 6.45) is 0. The van der Waals surface area contributed by atoms with Gasteiger partial charge in [0.1, 0.15) is 22.3 Å². The summed E-state index contributed by atoms with van der Waals surface area (Å²) in [5.74, 6) is 0. The number of furan rings is 2. The molecule has 2 heteroatoms. The molecule has 418 valence electrons. The fourth-order valence-corrected chi connectivity index (χ4v) is 14.7. The molecular formula is C88H54O2. The van der Waals surface area contributed by atoms with E-state index < -0.39 is 0 Å². The summed E-state index contributed by atoms with van der Waals surface area (Å²) in [5.41, 5.74) is 24.3. The maximum absolute atomic E-state index is 7.01. The Bertz CT molecular complexity index is 5760. The molecule has 90 heavy (non-hydrogen) atoms. The summed E-state index contributed by atoms with van der Waals surface area (Å²) < 4.78 is 13.9. The van der Waals surface area contributed by atoms with Crippen molar-refractivity contribution >= 4 is 87.0 Å². The Kier molecular flexibility index (Phi) is 12.0. The van der Waals surface area contributed by atoms with Gasteiger partial charge in [-0.15, -0.1) is 0 Å². The minimum absolute atomic E-state index is 0.849. The molecule has 0 bridgehead atoms. The molecule has 0 saturated carbocycles. The third kappa shape index (κ3) is 8.26. The molecule has 18 aromatic rings. The van der Waals surface area contributed by atoms with Gasteiger partial charge in [-0.2, -0.15) is 0 Å². The van der Waals surface area contributed by atoms with Crippen molar-refractivity contribution in [1.82, 2.24) is 0 Å². The second kappa shape index (κ2) is 21.0. The fourth-order valence-electron chi connectivity index (χ4n) is 14.7. The van der Waals surface area contributed by atoms with Gasteiger partial charge in [-0.1, -0.05) is 285 Å². The van der Waals surface area contributed by atoms with E-state index in [9.17, 15) is 0 Å². The van der Waals surface area contributed by atoms with Crippen molar-refractivity contribution in [3.63, 3.8) is 0 Å². The van der Waals surface area contributed by atoms with Crippen LogP contribution in [0.2, 0.25) is 0 Å². The average molecular weight is 1140 g/mol. The number of hydrogen-bond acceptors (Lipinski definition) is 2. The summed E-state index contributed by atoms with van der Waals surface area (Å²) in [7, 11) is 0. The van der Waals surface area contributed by atoms with E-state index in [0.717, 1.165) is 88.4 Å². The zero-order valence-corrected chi connectivity index (χ0v) is 49.0. The van der Waals surface area contributed by atoms with Crippen molar-refractivity contribution in [3.8, 4) is 100 Å². The van der Waals surface area contributed by atoms with Crippen LogP contribution >= 0.6 is 0 Å². The largest absolute Gasteiger partial charge is 0.455 e. The van der Waals surface area contributed by atoms with Crippen molar-refractivity contribution in [1.29, 1.82) is 0 Å². The van der Waals surface area contributed by atoms with E-state index in [-0.39, 0.29) is 0 Å². The van der Waals surface area contributed by atoms with Crippen molar-refractivity contribution in [2.45, 2.75) is 0 Å². The van der Waals surface area contributed by atoms with Crippen LogP contribution in [0.1, 0.15) is 0 Å². The van der Waals surface area contributed by atoms with Crippen LogP contribution in [-0.2, 0) is 0 Å². The topological polar surface area (TPSA) is 26.3 Å². The highest BCUT2D eigenvalue weighted by molar-refractivity contribution is 6.26. The molecule has 16 aromatic carbocycles. The molecular weight excluding hydrogens is 1090 g/mol. The lowest BCUT2D eigenvalue weighted by molar-refractivity contribution is 0.669. The van der Waals surface area contributed by atoms with E-state index in [1.165, 1.54) is 98.7 Å². The molecule has 0 fully saturated rings. The molecule has 0 radical (unpaired) electrons. The normalized spacial score (nSPS) is 11.8. The molecule has 18 rings (SSSR count). The van der Waals surface area contributed by atoms with Gasteiger partial charge in [-0.05, 0) is 175 Å². The first-order chi connectivity index (χ1) is 44.7. The zero-order valence-electron chi connectivity index (χ0n) is 49.0. The van der Waals surface area contributed by atoms with Crippen molar-refractivity contribution in [2.24, 2.45) is 0 Å². The second-order valence-electron chi connectivity index (χ2n) is 23.7. The summed E-state index contributed by atoms with van der Waals surface area (Å²) in [4.78, 5) is 0. The fraction of sp³-hybridized carbons (Fsp3) is 0. The third-order valence-corrected chi connectivity index (χ3v) is 18.7. The maximum atomic E-state index is 7.01. The molecule has 0 atom stereocenters. The lowest BCUT2D eigenvalue weighted by Gasteiger charge is -2.20. The summed E-state index contributed by atoms with van der Waals surface area (Å²) in [6.45, 7) is 0. The number of para-hydroxylation sites is 1. The van der Waals surface area contributed by atoms with E-state index in [1.54, 1.807) is 0 Å². The van der Waals surface area contributed by atoms with Gasteiger partial charge in [0.05, 0.1) is 0 Å². The zero-order chi connectivity index (χ0) is 59.2. The van der Waals surface area contributed by atoms with Gasteiger partial charge < -0.3 is 8.83 Å². The summed E-state index contributed by atoms with van der Waals surface area (Å²) in [6, 6.07) is 119. The van der Waals surface area contributed by atoms with E-state index in [2.05, 4.69) is 328 Å². The summed E-state index contributed by atoms with van der Waals surface area (Å²) in [5, 5.41) is 14.0. The standard InChI is InChI=1S/C88H54O2/c1-4-24-56(25-5-1)63-30-10-12-33-66(63)85-72-39-18-14-35-68(72)83(69-36-15-19-40-73(69)85)60-48-49-82-78(50-60)80-52-61(51-76(88(80)90-82)58-28-8-3-9-29-58)55-44-46-59(47-45-55)77-53-62(54-79-65-32-22-23-43-81(65)89-87(77)79)84-70-37-16-20-41-74(70)86(75-42-21-17-38-71(75)84)67-34-13-11-31-64(67)57-26-6-2-7-27-57/h1-54H. The number of benzene rings is 16. The van der Waals surface area contributed by atoms with Crippen LogP contribution < -0.4 is 0 Å². The maximum Gasteiger partial charge on any atom is 0.143 e. The van der Waals surface area contributed by atoms with E-state index in [1.807, 2.05) is 0 Å². The smallest absolute Gasteiger partial charge is 0.143 e. The predicted molar refractivity (Wildman–Crippen MR) is 380 cm³/mol. The molecule has 0 aliphatic heterocycles. The Morgan fingerprint density at radius 1 is 0.144 bits per heavy atom. The van der Waals surface area contributed by atoms with Gasteiger partial charge in [0.25, 0.3) is 0 Å². The monoisotopic (exact) mass is 1140 g/mol. The van der Waals surface area contributed by atoms with Crippen LogP contribution in [0.3, 0.4) is 0 Å². The number of rotatable bonds is 9. The molecule has 0 aliphatic rings. The van der Waals surface area contributed by atoms with Gasteiger partial charge in [0, 0.05) is 32.7 Å². The van der Waals surface area contributed by atoms with Crippen LogP contribution in [0.25, 0.3) is 187 Å². The third-order valence-electron chi connectivity index (χ3n) is 18.7. The molecule has 0 aliphatic carbocycles. The first kappa shape index (κ1) is 51.4. The Hall–Kier alpha value is -11.8. The Balaban J connectivity index is 0.801. The van der Waals surface area contributed by atoms with E-state index in [0.29, 0.717) is 0 Å². The molecule has 0 N–H and O–H groups in total. The van der Waals surface area contributed by atoms with E-state index >= 15 is 0 Å². The first-order valence-electron chi connectivity index (χ1n) is 31.0. The van der Waals surface area contributed by atoms with Crippen LogP contribution in [0, 0.1) is 0 Å². The quantitative estimate of drug-likeness (QED) is 0.135. The Morgan fingerprint density at radius 3 is 0.922 bits per heavy atom. The van der Waals surface area contributed by atoms with Gasteiger partial charge in [-0.3, -0.25) is 0 Å². The minimum atomic E-state index is 0.849. The molecule has 0 spiro atoms. The van der Waals surface area contributed by atoms with Crippen molar-refractivity contribution < 1.29 is 8.83 Å². The van der Waals surface area contributed by atoms with Gasteiger partial charge in [0.15, 0.2) is 0 Å². The van der Waals surface area contributed by atoms with Gasteiger partial charge >= 0.3 is 0 Å². The van der Waals surface area contributed by atoms with Gasteiger partial charge in [0.2, 0.25) is 0 Å². The highest BCUT2D eigenvalue weighted by Crippen LogP contribution is 2.51. The lowest BCUT2D eigenvalue weighted by atomic mass is 9.83. The van der Waals surface area contributed by atoms with Crippen LogP contribution in [-0.4, -0.2) is 0 Å². The summed E-state index contributed by atoms with van der Waals surface area (Å²) >= 11 is 0. The Morgan fingerprint density at radius 2 is 0.444 bits per heavy atom. The molecule has 0 unspecified atom stereocenters. The Labute approximate surface area is 520 Å². The predicted octanol–water partition coefficient (Wildman–Crippen LogP) is 25.1. The van der Waals surface area contributed by atoms with E-state index in [4.69, 9.17) is 8.83 Å². The SMILES string of the molecule is c1ccc(-c2ccccc2-c2c3ccccc3c(-c3ccc4oc5c(-c6ccccc6)cc(-c6ccc(-c7cc(-c8c9ccccc9c(-c9ccccc9-c9ccccc9)c9ccccc89)cc8c7oc7ccccc78)cc6)cc5c4c3)c3ccccc23)cc1. The lowest BCUT2D eigenvalue weighted by Crippen LogP contribution is -1.93. The van der Waals surface area contributed by atoms with Gasteiger partial charge in [-0.25, -0.2) is 0 Å².